The molecule has 1 heterocycles. The zero-order chi connectivity index (χ0) is 22.2. The summed E-state index contributed by atoms with van der Waals surface area (Å²) < 4.78 is 1.06. The quantitative estimate of drug-likeness (QED) is 0.372. The van der Waals surface area contributed by atoms with Gasteiger partial charge in [-0.3, -0.25) is 0 Å². The molecule has 1 aromatic heterocycles. The maximum Gasteiger partial charge on any atom is 0.154 e. The van der Waals surface area contributed by atoms with E-state index in [4.69, 9.17) is 21.6 Å². The second-order valence-electron chi connectivity index (χ2n) is 7.87. The van der Waals surface area contributed by atoms with Gasteiger partial charge in [0.15, 0.2) is 5.82 Å². The Bertz CT molecular complexity index is 1020. The zero-order valence-electron chi connectivity index (χ0n) is 18.5. The smallest absolute Gasteiger partial charge is 0.154 e. The van der Waals surface area contributed by atoms with Gasteiger partial charge in [0.1, 0.15) is 5.82 Å². The van der Waals surface area contributed by atoms with Crippen molar-refractivity contribution in [3.8, 4) is 0 Å². The molecule has 0 aliphatic heterocycles. The van der Waals surface area contributed by atoms with Gasteiger partial charge in [-0.15, -0.1) is 0 Å². The lowest BCUT2D eigenvalue weighted by atomic mass is 10.1. The third-order valence-electron chi connectivity index (χ3n) is 5.52. The Hall–Kier alpha value is -1.95. The molecule has 2 aromatic carbocycles. The van der Waals surface area contributed by atoms with Gasteiger partial charge in [0.2, 0.25) is 0 Å². The molecule has 0 bridgehead atoms. The van der Waals surface area contributed by atoms with Gasteiger partial charge >= 0.3 is 0 Å². The number of rotatable bonds is 10. The molecule has 164 valence electrons. The summed E-state index contributed by atoms with van der Waals surface area (Å²) in [6, 6.07) is 14.3. The number of benzene rings is 2. The van der Waals surface area contributed by atoms with Crippen LogP contribution in [0.1, 0.15) is 45.0 Å². The van der Waals surface area contributed by atoms with Crippen LogP contribution in [0.4, 0.5) is 5.82 Å². The molecule has 0 saturated heterocycles. The molecule has 3 rings (SSSR count). The summed E-state index contributed by atoms with van der Waals surface area (Å²) >= 11 is 9.71. The predicted octanol–water partition coefficient (Wildman–Crippen LogP) is 5.72. The average molecular weight is 503 g/mol. The average Bonchev–Trinajstić information content (AvgIpc) is 2.76. The fourth-order valence-corrected chi connectivity index (χ4v) is 4.05. The van der Waals surface area contributed by atoms with Gasteiger partial charge in [-0.2, -0.15) is 0 Å². The molecular weight excluding hydrogens is 472 g/mol. The minimum atomic E-state index is 0.326. The van der Waals surface area contributed by atoms with Gasteiger partial charge in [0.25, 0.3) is 0 Å². The van der Waals surface area contributed by atoms with Crippen molar-refractivity contribution in [1.29, 1.82) is 0 Å². The molecule has 31 heavy (non-hydrogen) atoms. The highest BCUT2D eigenvalue weighted by molar-refractivity contribution is 9.10. The van der Waals surface area contributed by atoms with E-state index in [0.717, 1.165) is 33.2 Å². The summed E-state index contributed by atoms with van der Waals surface area (Å²) in [6.07, 6.45) is 6.27. The monoisotopic (exact) mass is 501 g/mol. The van der Waals surface area contributed by atoms with E-state index < -0.39 is 0 Å². The Morgan fingerprint density at radius 2 is 1.81 bits per heavy atom. The molecule has 6 heteroatoms. The van der Waals surface area contributed by atoms with E-state index in [1.54, 1.807) is 4.90 Å². The molecular formula is C25H31BrClN4+. The summed E-state index contributed by atoms with van der Waals surface area (Å²) in [6.45, 7) is 10.3. The SMILES string of the molecule is CC[NH+](CC)CCC[C@H](C)Nc1nc(/C=C/c2ccc(Br)cc2)nc2cc(Cl)ccc12. The first-order valence-electron chi connectivity index (χ1n) is 11.0. The summed E-state index contributed by atoms with van der Waals surface area (Å²) in [4.78, 5) is 11.2. The molecule has 1 atom stereocenters. The number of aromatic nitrogens is 2. The summed E-state index contributed by atoms with van der Waals surface area (Å²) in [5.74, 6) is 1.53. The Labute approximate surface area is 198 Å². The van der Waals surface area contributed by atoms with Crippen molar-refractivity contribution < 1.29 is 4.90 Å². The molecule has 0 fully saturated rings. The van der Waals surface area contributed by atoms with Crippen molar-refractivity contribution in [2.24, 2.45) is 0 Å². The lowest BCUT2D eigenvalue weighted by Crippen LogP contribution is -3.11. The Balaban J connectivity index is 1.79. The van der Waals surface area contributed by atoms with Crippen LogP contribution in [0.3, 0.4) is 0 Å². The van der Waals surface area contributed by atoms with Gasteiger partial charge in [-0.25, -0.2) is 9.97 Å². The lowest BCUT2D eigenvalue weighted by molar-refractivity contribution is -0.896. The first-order chi connectivity index (χ1) is 15.0. The van der Waals surface area contributed by atoms with E-state index >= 15 is 0 Å². The Morgan fingerprint density at radius 1 is 1.06 bits per heavy atom. The zero-order valence-corrected chi connectivity index (χ0v) is 20.8. The fraction of sp³-hybridized carbons (Fsp3) is 0.360. The molecule has 3 aromatic rings. The van der Waals surface area contributed by atoms with Crippen molar-refractivity contribution >= 4 is 56.4 Å². The highest BCUT2D eigenvalue weighted by Gasteiger charge is 2.11. The molecule has 0 radical (unpaired) electrons. The Morgan fingerprint density at radius 3 is 2.52 bits per heavy atom. The fourth-order valence-electron chi connectivity index (χ4n) is 3.62. The molecule has 0 amide bonds. The largest absolute Gasteiger partial charge is 0.367 e. The van der Waals surface area contributed by atoms with Crippen LogP contribution in [-0.2, 0) is 0 Å². The van der Waals surface area contributed by atoms with Gasteiger partial charge < -0.3 is 10.2 Å². The van der Waals surface area contributed by atoms with Gasteiger partial charge in [0, 0.05) is 20.9 Å². The van der Waals surface area contributed by atoms with Crippen molar-refractivity contribution in [2.45, 2.75) is 39.7 Å². The van der Waals surface area contributed by atoms with Crippen molar-refractivity contribution in [3.05, 3.63) is 63.3 Å². The van der Waals surface area contributed by atoms with Crippen LogP contribution in [0.2, 0.25) is 5.02 Å². The molecule has 4 nitrogen and oxygen atoms in total. The predicted molar refractivity (Wildman–Crippen MR) is 137 cm³/mol. The number of hydrogen-bond donors (Lipinski definition) is 2. The van der Waals surface area contributed by atoms with E-state index in [2.05, 4.69) is 54.2 Å². The highest BCUT2D eigenvalue weighted by Crippen LogP contribution is 2.25. The number of halogens is 2. The van der Waals surface area contributed by atoms with Gasteiger partial charge in [-0.05, 0) is 75.6 Å². The van der Waals surface area contributed by atoms with Crippen LogP contribution in [0.5, 0.6) is 0 Å². The third kappa shape index (κ3) is 7.03. The molecule has 0 spiro atoms. The first kappa shape index (κ1) is 23.7. The van der Waals surface area contributed by atoms with Crippen LogP contribution >= 0.6 is 27.5 Å². The summed E-state index contributed by atoms with van der Waals surface area (Å²) in [5, 5.41) is 5.28. The molecule has 0 aliphatic carbocycles. The van der Waals surface area contributed by atoms with Crippen molar-refractivity contribution in [1.82, 2.24) is 9.97 Å². The Kier molecular flexibility index (Phi) is 8.88. The number of quaternary nitrogens is 1. The minimum absolute atomic E-state index is 0.326. The number of nitrogens with one attached hydrogen (secondary N) is 2. The number of fused-ring (bicyclic) bond motifs is 1. The van der Waals surface area contributed by atoms with Crippen LogP contribution in [-0.4, -0.2) is 35.6 Å². The number of nitrogens with zero attached hydrogens (tertiary/aromatic N) is 2. The normalized spacial score (nSPS) is 12.7. The highest BCUT2D eigenvalue weighted by atomic mass is 79.9. The van der Waals surface area contributed by atoms with Crippen LogP contribution < -0.4 is 10.2 Å². The van der Waals surface area contributed by atoms with E-state index in [0.29, 0.717) is 16.9 Å². The topological polar surface area (TPSA) is 42.2 Å². The van der Waals surface area contributed by atoms with Crippen LogP contribution in [0, 0.1) is 0 Å². The minimum Gasteiger partial charge on any atom is -0.367 e. The molecule has 0 unspecified atom stereocenters. The molecule has 2 N–H and O–H groups in total. The summed E-state index contributed by atoms with van der Waals surface area (Å²) in [7, 11) is 0. The lowest BCUT2D eigenvalue weighted by Gasteiger charge is -2.19. The second-order valence-corrected chi connectivity index (χ2v) is 9.22. The second kappa shape index (κ2) is 11.6. The maximum absolute atomic E-state index is 6.24. The number of hydrogen-bond acceptors (Lipinski definition) is 3. The van der Waals surface area contributed by atoms with E-state index in [1.165, 1.54) is 26.1 Å². The van der Waals surface area contributed by atoms with E-state index in [9.17, 15) is 0 Å². The van der Waals surface area contributed by atoms with Crippen molar-refractivity contribution in [2.75, 3.05) is 25.0 Å². The van der Waals surface area contributed by atoms with E-state index in [-0.39, 0.29) is 0 Å². The number of anilines is 1. The van der Waals surface area contributed by atoms with Gasteiger partial charge in [-0.1, -0.05) is 45.7 Å². The maximum atomic E-state index is 6.24. The molecule has 0 saturated carbocycles. The van der Waals surface area contributed by atoms with Crippen LogP contribution in [0.25, 0.3) is 23.1 Å². The third-order valence-corrected chi connectivity index (χ3v) is 6.29. The van der Waals surface area contributed by atoms with Crippen LogP contribution in [0.15, 0.2) is 46.9 Å². The summed E-state index contributed by atoms with van der Waals surface area (Å²) in [5.41, 5.74) is 1.94. The van der Waals surface area contributed by atoms with E-state index in [1.807, 2.05) is 42.5 Å². The standard InChI is InChI=1S/C25H30BrClN4/c1-4-31(5-2)16-6-7-18(3)28-25-22-14-13-21(27)17-23(22)29-24(30-25)15-10-19-8-11-20(26)12-9-19/h8-15,17-18H,4-7,16H2,1-3H3,(H,28,29,30)/p+1/b15-10+/t18-/m0/s1. The van der Waals surface area contributed by atoms with Crippen molar-refractivity contribution in [3.63, 3.8) is 0 Å². The first-order valence-corrected chi connectivity index (χ1v) is 12.2. The van der Waals surface area contributed by atoms with Gasteiger partial charge in [0.05, 0.1) is 25.2 Å². The molecule has 0 aliphatic rings.